The number of sulfonamides is 1. The number of aromatic carboxylic acids is 1. The first kappa shape index (κ1) is 14.5. The lowest BCUT2D eigenvalue weighted by Crippen LogP contribution is -2.14. The largest absolute Gasteiger partial charge is 0.478 e. The molecule has 2 rings (SSSR count). The lowest BCUT2D eigenvalue weighted by Gasteiger charge is -2.07. The number of carbonyl (C=O) groups is 1. The molecular weight excluding hydrogens is 348 g/mol. The van der Waals surface area contributed by atoms with Crippen molar-refractivity contribution in [3.63, 3.8) is 0 Å². The highest BCUT2D eigenvalue weighted by atomic mass is 79.9. The molecule has 0 atom stereocenters. The van der Waals surface area contributed by atoms with Crippen LogP contribution in [0, 0.1) is 0 Å². The Morgan fingerprint density at radius 2 is 1.80 bits per heavy atom. The molecule has 1 aromatic carbocycles. The Morgan fingerprint density at radius 3 is 2.30 bits per heavy atom. The van der Waals surface area contributed by atoms with E-state index in [1.54, 1.807) is 24.3 Å². The third-order valence-corrected chi connectivity index (χ3v) is 4.18. The number of nitrogens with zero attached hydrogens (tertiary/aromatic N) is 1. The van der Waals surface area contributed by atoms with Crippen molar-refractivity contribution in [2.75, 3.05) is 4.72 Å². The highest BCUT2D eigenvalue weighted by Crippen LogP contribution is 2.17. The second-order valence-corrected chi connectivity index (χ2v) is 6.35. The van der Waals surface area contributed by atoms with Gasteiger partial charge in [-0.15, -0.1) is 0 Å². The zero-order valence-electron chi connectivity index (χ0n) is 9.95. The minimum Gasteiger partial charge on any atom is -0.478 e. The predicted molar refractivity (Wildman–Crippen MR) is 76.1 cm³/mol. The number of benzene rings is 1. The molecule has 0 saturated heterocycles. The quantitative estimate of drug-likeness (QED) is 0.876. The summed E-state index contributed by atoms with van der Waals surface area (Å²) in [4.78, 5) is 14.3. The molecule has 20 heavy (non-hydrogen) atoms. The average Bonchev–Trinajstić information content (AvgIpc) is 2.41. The molecule has 8 heteroatoms. The first-order valence-electron chi connectivity index (χ1n) is 5.36. The summed E-state index contributed by atoms with van der Waals surface area (Å²) < 4.78 is 27.2. The number of hydrogen-bond donors (Lipinski definition) is 2. The Hall–Kier alpha value is -1.93. The van der Waals surface area contributed by atoms with Gasteiger partial charge in [0, 0.05) is 16.4 Å². The van der Waals surface area contributed by atoms with E-state index in [0.717, 1.165) is 16.7 Å². The number of anilines is 1. The number of carboxylic acids is 1. The first-order valence-corrected chi connectivity index (χ1v) is 7.64. The summed E-state index contributed by atoms with van der Waals surface area (Å²) in [5, 5.41) is 8.49. The molecule has 104 valence electrons. The number of rotatable bonds is 4. The van der Waals surface area contributed by atoms with Crippen LogP contribution < -0.4 is 4.72 Å². The van der Waals surface area contributed by atoms with Gasteiger partial charge in [-0.05, 0) is 36.4 Å². The van der Waals surface area contributed by atoms with Gasteiger partial charge in [0.25, 0.3) is 10.0 Å². The molecule has 0 spiro atoms. The molecule has 0 saturated carbocycles. The normalized spacial score (nSPS) is 11.1. The van der Waals surface area contributed by atoms with E-state index in [1.165, 1.54) is 6.07 Å². The maximum absolute atomic E-state index is 12.0. The van der Waals surface area contributed by atoms with Gasteiger partial charge in [-0.3, -0.25) is 4.72 Å². The minimum absolute atomic E-state index is 0.0763. The van der Waals surface area contributed by atoms with Crippen LogP contribution in [0.4, 0.5) is 5.69 Å². The van der Waals surface area contributed by atoms with E-state index >= 15 is 0 Å². The molecule has 0 amide bonds. The second kappa shape index (κ2) is 5.59. The zero-order chi connectivity index (χ0) is 14.8. The first-order chi connectivity index (χ1) is 9.38. The fraction of sp³-hybridized carbons (Fsp3) is 0. The van der Waals surface area contributed by atoms with E-state index in [-0.39, 0.29) is 10.6 Å². The van der Waals surface area contributed by atoms with Crippen LogP contribution >= 0.6 is 15.9 Å². The van der Waals surface area contributed by atoms with Gasteiger partial charge in [0.1, 0.15) is 0 Å². The van der Waals surface area contributed by atoms with E-state index in [1.807, 2.05) is 0 Å². The Kier molecular flexibility index (Phi) is 4.05. The van der Waals surface area contributed by atoms with E-state index in [2.05, 4.69) is 25.6 Å². The van der Waals surface area contributed by atoms with Crippen LogP contribution in [-0.2, 0) is 10.0 Å². The Bertz CT molecular complexity index is 727. The summed E-state index contributed by atoms with van der Waals surface area (Å²) in [6.07, 6.45) is 0.998. The van der Waals surface area contributed by atoms with Crippen LogP contribution in [0.25, 0.3) is 0 Å². The monoisotopic (exact) mass is 356 g/mol. The molecule has 0 aliphatic carbocycles. The third-order valence-electron chi connectivity index (χ3n) is 2.36. The van der Waals surface area contributed by atoms with Crippen molar-refractivity contribution in [1.29, 1.82) is 0 Å². The third kappa shape index (κ3) is 3.34. The number of halogens is 1. The summed E-state index contributed by atoms with van der Waals surface area (Å²) in [6, 6.07) is 8.90. The van der Waals surface area contributed by atoms with Crippen molar-refractivity contribution in [3.05, 3.63) is 52.6 Å². The average molecular weight is 357 g/mol. The maximum atomic E-state index is 12.0. The SMILES string of the molecule is O=C(O)c1ccc(S(=O)(=O)Nc2ccc(Br)cc2)nc1. The highest BCUT2D eigenvalue weighted by molar-refractivity contribution is 9.10. The van der Waals surface area contributed by atoms with Crippen molar-refractivity contribution in [3.8, 4) is 0 Å². The Morgan fingerprint density at radius 1 is 1.15 bits per heavy atom. The van der Waals surface area contributed by atoms with Crippen LogP contribution in [0.3, 0.4) is 0 Å². The van der Waals surface area contributed by atoms with Gasteiger partial charge in [-0.25, -0.2) is 9.78 Å². The van der Waals surface area contributed by atoms with E-state index in [0.29, 0.717) is 5.69 Å². The topological polar surface area (TPSA) is 96.4 Å². The summed E-state index contributed by atoms with van der Waals surface area (Å²) in [5.41, 5.74) is 0.310. The van der Waals surface area contributed by atoms with Gasteiger partial charge in [-0.1, -0.05) is 15.9 Å². The van der Waals surface area contributed by atoms with Crippen LogP contribution in [-0.4, -0.2) is 24.5 Å². The lowest BCUT2D eigenvalue weighted by atomic mass is 10.3. The van der Waals surface area contributed by atoms with Gasteiger partial charge in [0.2, 0.25) is 0 Å². The fourth-order valence-electron chi connectivity index (χ4n) is 1.39. The fourth-order valence-corrected chi connectivity index (χ4v) is 2.65. The highest BCUT2D eigenvalue weighted by Gasteiger charge is 2.16. The molecule has 1 heterocycles. The number of pyridine rings is 1. The molecule has 2 N–H and O–H groups in total. The van der Waals surface area contributed by atoms with Gasteiger partial charge in [0.05, 0.1) is 5.56 Å². The van der Waals surface area contributed by atoms with Gasteiger partial charge < -0.3 is 5.11 Å². The number of hydrogen-bond acceptors (Lipinski definition) is 4. The molecule has 2 aromatic rings. The molecule has 0 aliphatic rings. The van der Waals surface area contributed by atoms with E-state index in [4.69, 9.17) is 5.11 Å². The summed E-state index contributed by atoms with van der Waals surface area (Å²) >= 11 is 3.25. The molecule has 0 radical (unpaired) electrons. The maximum Gasteiger partial charge on any atom is 0.337 e. The van der Waals surface area contributed by atoms with E-state index < -0.39 is 16.0 Å². The Labute approximate surface area is 123 Å². The molecule has 1 aromatic heterocycles. The number of carboxylic acid groups (broad SMARTS) is 1. The smallest absolute Gasteiger partial charge is 0.337 e. The van der Waals surface area contributed by atoms with Gasteiger partial charge in [0.15, 0.2) is 5.03 Å². The molecule has 0 fully saturated rings. The summed E-state index contributed by atoms with van der Waals surface area (Å²) in [7, 11) is -3.84. The zero-order valence-corrected chi connectivity index (χ0v) is 12.3. The van der Waals surface area contributed by atoms with Crippen molar-refractivity contribution in [2.45, 2.75) is 5.03 Å². The summed E-state index contributed by atoms with van der Waals surface area (Å²) in [5.74, 6) is -1.16. The van der Waals surface area contributed by atoms with Crippen LogP contribution in [0.5, 0.6) is 0 Å². The predicted octanol–water partition coefficient (Wildman–Crippen LogP) is 2.34. The second-order valence-electron chi connectivity index (χ2n) is 3.80. The van der Waals surface area contributed by atoms with Crippen LogP contribution in [0.15, 0.2) is 52.1 Å². The lowest BCUT2D eigenvalue weighted by molar-refractivity contribution is 0.0696. The van der Waals surface area contributed by atoms with Gasteiger partial charge >= 0.3 is 5.97 Å². The van der Waals surface area contributed by atoms with Crippen LogP contribution in [0.2, 0.25) is 0 Å². The summed E-state index contributed by atoms with van der Waals surface area (Å²) in [6.45, 7) is 0. The van der Waals surface area contributed by atoms with Crippen molar-refractivity contribution < 1.29 is 18.3 Å². The standard InChI is InChI=1S/C12H9BrN2O4S/c13-9-2-4-10(5-3-9)15-20(18,19)11-6-1-8(7-14-11)12(16)17/h1-7,15H,(H,16,17). The van der Waals surface area contributed by atoms with Crippen molar-refractivity contribution in [2.24, 2.45) is 0 Å². The van der Waals surface area contributed by atoms with Crippen molar-refractivity contribution >= 4 is 37.6 Å². The molecule has 0 bridgehead atoms. The molecule has 0 aliphatic heterocycles. The van der Waals surface area contributed by atoms with Crippen LogP contribution in [0.1, 0.15) is 10.4 Å². The Balaban J connectivity index is 2.26. The molecule has 6 nitrogen and oxygen atoms in total. The van der Waals surface area contributed by atoms with Gasteiger partial charge in [-0.2, -0.15) is 8.42 Å². The van der Waals surface area contributed by atoms with Crippen molar-refractivity contribution in [1.82, 2.24) is 4.98 Å². The number of aromatic nitrogens is 1. The number of nitrogens with one attached hydrogen (secondary N) is 1. The molecular formula is C12H9BrN2O4S. The molecule has 0 unspecified atom stereocenters. The van der Waals surface area contributed by atoms with E-state index in [9.17, 15) is 13.2 Å². The minimum atomic E-state index is -3.84.